The summed E-state index contributed by atoms with van der Waals surface area (Å²) in [5.41, 5.74) is 3.18. The van der Waals surface area contributed by atoms with Gasteiger partial charge in [0.2, 0.25) is 0 Å². The Morgan fingerprint density at radius 1 is 1.21 bits per heavy atom. The number of amides is 1. The summed E-state index contributed by atoms with van der Waals surface area (Å²) < 4.78 is 7.55. The van der Waals surface area contributed by atoms with Crippen molar-refractivity contribution in [3.8, 4) is 5.75 Å². The largest absolute Gasteiger partial charge is 0.484 e. The van der Waals surface area contributed by atoms with Crippen molar-refractivity contribution in [2.45, 2.75) is 13.3 Å². The number of rotatable bonds is 6. The highest BCUT2D eigenvalue weighted by Crippen LogP contribution is 2.14. The predicted molar refractivity (Wildman–Crippen MR) is 94.1 cm³/mol. The SMILES string of the molecule is Cc1cccc(OCC(=O)NCCc2nc3ccccc3n2C)c1. The molecule has 0 radical (unpaired) electrons. The molecule has 0 atom stereocenters. The van der Waals surface area contributed by atoms with Crippen LogP contribution in [0.25, 0.3) is 11.0 Å². The van der Waals surface area contributed by atoms with Gasteiger partial charge < -0.3 is 14.6 Å². The number of benzene rings is 2. The number of ether oxygens (including phenoxy) is 1. The summed E-state index contributed by atoms with van der Waals surface area (Å²) in [4.78, 5) is 16.5. The average Bonchev–Trinajstić information content (AvgIpc) is 2.90. The van der Waals surface area contributed by atoms with Crippen LogP contribution in [0.1, 0.15) is 11.4 Å². The molecule has 0 bridgehead atoms. The Morgan fingerprint density at radius 3 is 2.83 bits per heavy atom. The van der Waals surface area contributed by atoms with Crippen molar-refractivity contribution in [3.05, 3.63) is 59.9 Å². The van der Waals surface area contributed by atoms with Crippen LogP contribution in [0.2, 0.25) is 0 Å². The minimum Gasteiger partial charge on any atom is -0.484 e. The highest BCUT2D eigenvalue weighted by molar-refractivity contribution is 5.77. The first-order valence-electron chi connectivity index (χ1n) is 8.00. The standard InChI is InChI=1S/C19H21N3O2/c1-14-6-5-7-15(12-14)24-13-19(23)20-11-10-18-21-16-8-3-4-9-17(16)22(18)2/h3-9,12H,10-11,13H2,1-2H3,(H,20,23). The quantitative estimate of drug-likeness (QED) is 0.759. The van der Waals surface area contributed by atoms with E-state index in [4.69, 9.17) is 4.74 Å². The summed E-state index contributed by atoms with van der Waals surface area (Å²) in [5, 5.41) is 2.87. The van der Waals surface area contributed by atoms with Gasteiger partial charge in [-0.2, -0.15) is 0 Å². The number of nitrogens with one attached hydrogen (secondary N) is 1. The summed E-state index contributed by atoms with van der Waals surface area (Å²) in [7, 11) is 1.99. The van der Waals surface area contributed by atoms with Gasteiger partial charge in [0.1, 0.15) is 11.6 Å². The lowest BCUT2D eigenvalue weighted by Gasteiger charge is -2.08. The molecule has 2 aromatic carbocycles. The number of carbonyl (C=O) groups excluding carboxylic acids is 1. The molecule has 24 heavy (non-hydrogen) atoms. The molecule has 0 fully saturated rings. The number of hydrogen-bond donors (Lipinski definition) is 1. The van der Waals surface area contributed by atoms with E-state index in [1.54, 1.807) is 0 Å². The fourth-order valence-corrected chi connectivity index (χ4v) is 2.64. The van der Waals surface area contributed by atoms with Crippen LogP contribution in [0.4, 0.5) is 0 Å². The molecule has 3 rings (SSSR count). The second-order valence-electron chi connectivity index (χ2n) is 5.78. The van der Waals surface area contributed by atoms with E-state index in [2.05, 4.69) is 14.9 Å². The van der Waals surface area contributed by atoms with Crippen LogP contribution in [0.15, 0.2) is 48.5 Å². The number of carbonyl (C=O) groups is 1. The van der Waals surface area contributed by atoms with Gasteiger partial charge in [0.15, 0.2) is 6.61 Å². The van der Waals surface area contributed by atoms with Gasteiger partial charge in [0.05, 0.1) is 11.0 Å². The van der Waals surface area contributed by atoms with E-state index in [9.17, 15) is 4.79 Å². The van der Waals surface area contributed by atoms with Crippen LogP contribution in [0, 0.1) is 6.92 Å². The molecule has 0 saturated carbocycles. The second-order valence-corrected chi connectivity index (χ2v) is 5.78. The molecule has 1 heterocycles. The molecule has 124 valence electrons. The maximum Gasteiger partial charge on any atom is 0.257 e. The number of imidazole rings is 1. The van der Waals surface area contributed by atoms with Gasteiger partial charge in [-0.3, -0.25) is 4.79 Å². The number of aromatic nitrogens is 2. The number of fused-ring (bicyclic) bond motifs is 1. The van der Waals surface area contributed by atoms with Crippen molar-refractivity contribution in [2.75, 3.05) is 13.2 Å². The maximum absolute atomic E-state index is 11.9. The Hall–Kier alpha value is -2.82. The van der Waals surface area contributed by atoms with Gasteiger partial charge >= 0.3 is 0 Å². The molecule has 0 spiro atoms. The topological polar surface area (TPSA) is 56.1 Å². The van der Waals surface area contributed by atoms with E-state index in [1.807, 2.05) is 62.5 Å². The van der Waals surface area contributed by atoms with Crippen molar-refractivity contribution in [2.24, 2.45) is 7.05 Å². The molecule has 3 aromatic rings. The van der Waals surface area contributed by atoms with Gasteiger partial charge in [0, 0.05) is 20.0 Å². The normalized spacial score (nSPS) is 10.8. The fraction of sp³-hybridized carbons (Fsp3) is 0.263. The summed E-state index contributed by atoms with van der Waals surface area (Å²) in [5.74, 6) is 1.53. The fourth-order valence-electron chi connectivity index (χ4n) is 2.64. The Balaban J connectivity index is 1.48. The van der Waals surface area contributed by atoms with E-state index >= 15 is 0 Å². The van der Waals surface area contributed by atoms with Crippen molar-refractivity contribution in [1.82, 2.24) is 14.9 Å². The molecule has 0 aliphatic heterocycles. The van der Waals surface area contributed by atoms with E-state index < -0.39 is 0 Å². The van der Waals surface area contributed by atoms with Gasteiger partial charge in [0.25, 0.3) is 5.91 Å². The molecular formula is C19H21N3O2. The first kappa shape index (κ1) is 16.1. The van der Waals surface area contributed by atoms with Gasteiger partial charge in [-0.1, -0.05) is 24.3 Å². The lowest BCUT2D eigenvalue weighted by atomic mass is 10.2. The second kappa shape index (κ2) is 7.17. The lowest BCUT2D eigenvalue weighted by Crippen LogP contribution is -2.31. The van der Waals surface area contributed by atoms with Gasteiger partial charge in [-0.25, -0.2) is 4.98 Å². The van der Waals surface area contributed by atoms with Gasteiger partial charge in [-0.05, 0) is 36.8 Å². The molecule has 5 heteroatoms. The zero-order valence-electron chi connectivity index (χ0n) is 14.0. The monoisotopic (exact) mass is 323 g/mol. The van der Waals surface area contributed by atoms with Crippen molar-refractivity contribution >= 4 is 16.9 Å². The Kier molecular flexibility index (Phi) is 4.79. The molecule has 1 aromatic heterocycles. The summed E-state index contributed by atoms with van der Waals surface area (Å²) >= 11 is 0. The van der Waals surface area contributed by atoms with Crippen molar-refractivity contribution in [3.63, 3.8) is 0 Å². The number of hydrogen-bond acceptors (Lipinski definition) is 3. The Bertz CT molecular complexity index is 855. The zero-order chi connectivity index (χ0) is 16.9. The highest BCUT2D eigenvalue weighted by Gasteiger charge is 2.08. The summed E-state index contributed by atoms with van der Waals surface area (Å²) in [6, 6.07) is 15.7. The molecule has 0 aliphatic rings. The molecule has 0 unspecified atom stereocenters. The zero-order valence-corrected chi connectivity index (χ0v) is 14.0. The first-order chi connectivity index (χ1) is 11.6. The molecule has 0 saturated heterocycles. The first-order valence-corrected chi connectivity index (χ1v) is 8.00. The summed E-state index contributed by atoms with van der Waals surface area (Å²) in [6.07, 6.45) is 0.682. The number of para-hydroxylation sites is 2. The minimum atomic E-state index is -0.129. The van der Waals surface area contributed by atoms with Crippen LogP contribution >= 0.6 is 0 Å². The lowest BCUT2D eigenvalue weighted by molar-refractivity contribution is -0.123. The van der Waals surface area contributed by atoms with Gasteiger partial charge in [-0.15, -0.1) is 0 Å². The number of nitrogens with zero attached hydrogens (tertiary/aromatic N) is 2. The average molecular weight is 323 g/mol. The van der Waals surface area contributed by atoms with Crippen molar-refractivity contribution in [1.29, 1.82) is 0 Å². The third-order valence-electron chi connectivity index (χ3n) is 3.91. The molecule has 1 amide bonds. The molecule has 0 aliphatic carbocycles. The maximum atomic E-state index is 11.9. The Labute approximate surface area is 141 Å². The van der Waals surface area contributed by atoms with Crippen LogP contribution < -0.4 is 10.1 Å². The molecular weight excluding hydrogens is 302 g/mol. The molecule has 5 nitrogen and oxygen atoms in total. The summed E-state index contributed by atoms with van der Waals surface area (Å²) in [6.45, 7) is 2.54. The van der Waals surface area contributed by atoms with Crippen LogP contribution in [0.5, 0.6) is 5.75 Å². The smallest absolute Gasteiger partial charge is 0.257 e. The highest BCUT2D eigenvalue weighted by atomic mass is 16.5. The van der Waals surface area contributed by atoms with Crippen LogP contribution in [-0.2, 0) is 18.3 Å². The van der Waals surface area contributed by atoms with Crippen molar-refractivity contribution < 1.29 is 9.53 Å². The predicted octanol–water partition coefficient (Wildman–Crippen LogP) is 2.62. The van der Waals surface area contributed by atoms with Crippen LogP contribution in [-0.4, -0.2) is 28.6 Å². The van der Waals surface area contributed by atoms with E-state index in [0.717, 1.165) is 22.4 Å². The molecule has 1 N–H and O–H groups in total. The minimum absolute atomic E-state index is 0.0198. The third-order valence-corrected chi connectivity index (χ3v) is 3.91. The van der Waals surface area contributed by atoms with Crippen LogP contribution in [0.3, 0.4) is 0 Å². The number of aryl methyl sites for hydroxylation is 2. The van der Waals surface area contributed by atoms with E-state index in [-0.39, 0.29) is 12.5 Å². The van der Waals surface area contributed by atoms with E-state index in [1.165, 1.54) is 0 Å². The third kappa shape index (κ3) is 3.74. The van der Waals surface area contributed by atoms with E-state index in [0.29, 0.717) is 18.7 Å². The Morgan fingerprint density at radius 2 is 2.04 bits per heavy atom.